The number of hydrogen-bond donors (Lipinski definition) is 0. The number of Topliss-reactive ketones (excluding diaryl/α,β-unsaturated/α-hetero) is 1. The van der Waals surface area contributed by atoms with Gasteiger partial charge in [-0.15, -0.1) is 11.3 Å². The van der Waals surface area contributed by atoms with Crippen molar-refractivity contribution < 1.29 is 13.6 Å². The lowest BCUT2D eigenvalue weighted by Gasteiger charge is -2.14. The van der Waals surface area contributed by atoms with Crippen molar-refractivity contribution in [3.05, 3.63) is 52.0 Å². The monoisotopic (exact) mass is 282 g/mol. The molecule has 3 nitrogen and oxygen atoms in total. The highest BCUT2D eigenvalue weighted by Crippen LogP contribution is 2.10. The van der Waals surface area contributed by atoms with Gasteiger partial charge in [-0.25, -0.2) is 13.8 Å². The van der Waals surface area contributed by atoms with E-state index in [1.54, 1.807) is 17.5 Å². The molecule has 0 saturated carbocycles. The highest BCUT2D eigenvalue weighted by Gasteiger charge is 2.12. The molecule has 2 aromatic rings. The number of nitrogens with zero attached hydrogens (tertiary/aromatic N) is 2. The van der Waals surface area contributed by atoms with Gasteiger partial charge < -0.3 is 0 Å². The molecule has 0 N–H and O–H groups in total. The summed E-state index contributed by atoms with van der Waals surface area (Å²) in [6, 6.07) is 3.18. The number of ketones is 1. The van der Waals surface area contributed by atoms with Crippen molar-refractivity contribution in [2.45, 2.75) is 6.54 Å². The summed E-state index contributed by atoms with van der Waals surface area (Å²) >= 11 is 1.49. The van der Waals surface area contributed by atoms with Crippen LogP contribution in [0.15, 0.2) is 29.1 Å². The number of halogens is 2. The molecule has 0 aliphatic carbocycles. The lowest BCUT2D eigenvalue weighted by Crippen LogP contribution is -2.25. The second-order valence-electron chi connectivity index (χ2n) is 4.20. The molecule has 1 aromatic carbocycles. The second-order valence-corrected chi connectivity index (χ2v) is 4.92. The van der Waals surface area contributed by atoms with Crippen LogP contribution in [-0.2, 0) is 6.54 Å². The van der Waals surface area contributed by atoms with Crippen LogP contribution in [0.4, 0.5) is 8.78 Å². The van der Waals surface area contributed by atoms with Gasteiger partial charge in [0.2, 0.25) is 0 Å². The minimum Gasteiger partial charge on any atom is -0.293 e. The van der Waals surface area contributed by atoms with E-state index in [0.29, 0.717) is 6.54 Å². The van der Waals surface area contributed by atoms with Gasteiger partial charge in [0.05, 0.1) is 17.7 Å². The highest BCUT2D eigenvalue weighted by molar-refractivity contribution is 7.07. The fourth-order valence-electron chi connectivity index (χ4n) is 1.65. The summed E-state index contributed by atoms with van der Waals surface area (Å²) in [6.45, 7) is 0.668. The summed E-state index contributed by atoms with van der Waals surface area (Å²) in [6.07, 6.45) is 0. The maximum Gasteiger partial charge on any atom is 0.176 e. The van der Waals surface area contributed by atoms with Crippen LogP contribution in [-0.4, -0.2) is 29.3 Å². The molecule has 0 aliphatic heterocycles. The molecule has 1 heterocycles. The van der Waals surface area contributed by atoms with E-state index in [0.717, 1.165) is 17.8 Å². The third-order valence-corrected chi connectivity index (χ3v) is 3.21. The van der Waals surface area contributed by atoms with Crippen LogP contribution in [0.2, 0.25) is 0 Å². The Morgan fingerprint density at radius 2 is 2.16 bits per heavy atom. The molecule has 0 amide bonds. The second kappa shape index (κ2) is 5.99. The Kier molecular flexibility index (Phi) is 4.34. The van der Waals surface area contributed by atoms with Gasteiger partial charge in [0, 0.05) is 17.5 Å². The van der Waals surface area contributed by atoms with E-state index in [2.05, 4.69) is 4.98 Å². The van der Waals surface area contributed by atoms with Gasteiger partial charge in [-0.05, 0) is 25.2 Å². The number of likely N-dealkylation sites (N-methyl/N-ethyl adjacent to an activating group) is 1. The lowest BCUT2D eigenvalue weighted by atomic mass is 10.1. The molecule has 0 unspecified atom stereocenters. The molecule has 0 bridgehead atoms. The van der Waals surface area contributed by atoms with E-state index < -0.39 is 11.6 Å². The zero-order chi connectivity index (χ0) is 13.8. The lowest BCUT2D eigenvalue weighted by molar-refractivity contribution is 0.0942. The Hall–Kier alpha value is -1.66. The SMILES string of the molecule is CN(CC(=O)c1ccc(F)c(F)c1)Cc1cscn1. The molecule has 6 heteroatoms. The number of benzene rings is 1. The predicted octanol–water partition coefficient (Wildman–Crippen LogP) is 2.74. The molecule has 2 rings (SSSR count). The van der Waals surface area contributed by atoms with Gasteiger partial charge in [-0.1, -0.05) is 0 Å². The topological polar surface area (TPSA) is 33.2 Å². The predicted molar refractivity (Wildman–Crippen MR) is 69.1 cm³/mol. The third-order valence-electron chi connectivity index (χ3n) is 2.57. The van der Waals surface area contributed by atoms with Gasteiger partial charge in [0.25, 0.3) is 0 Å². The summed E-state index contributed by atoms with van der Waals surface area (Å²) in [5.74, 6) is -2.21. The van der Waals surface area contributed by atoms with Crippen molar-refractivity contribution in [3.8, 4) is 0 Å². The first kappa shape index (κ1) is 13.8. The van der Waals surface area contributed by atoms with Crippen LogP contribution in [0.1, 0.15) is 16.1 Å². The summed E-state index contributed by atoms with van der Waals surface area (Å²) in [7, 11) is 1.77. The Balaban J connectivity index is 1.98. The van der Waals surface area contributed by atoms with Crippen molar-refractivity contribution in [2.75, 3.05) is 13.6 Å². The average molecular weight is 282 g/mol. The van der Waals surface area contributed by atoms with Crippen LogP contribution in [0.5, 0.6) is 0 Å². The zero-order valence-electron chi connectivity index (χ0n) is 10.3. The van der Waals surface area contributed by atoms with E-state index in [-0.39, 0.29) is 17.9 Å². The standard InChI is InChI=1S/C13H12F2N2OS/c1-17(5-10-7-19-8-16-10)6-13(18)9-2-3-11(14)12(15)4-9/h2-4,7-8H,5-6H2,1H3. The first-order valence-electron chi connectivity index (χ1n) is 5.60. The van der Waals surface area contributed by atoms with Gasteiger partial charge in [0.1, 0.15) is 0 Å². The molecule has 0 aliphatic rings. The normalized spacial score (nSPS) is 10.9. The number of thiazole rings is 1. The first-order valence-corrected chi connectivity index (χ1v) is 6.54. The van der Waals surface area contributed by atoms with Crippen molar-refractivity contribution in [1.29, 1.82) is 0 Å². The molecule has 0 radical (unpaired) electrons. The maximum absolute atomic E-state index is 13.0. The van der Waals surface area contributed by atoms with Crippen molar-refractivity contribution in [3.63, 3.8) is 0 Å². The number of aromatic nitrogens is 1. The Bertz CT molecular complexity index is 572. The minimum atomic E-state index is -1.01. The molecule has 19 heavy (non-hydrogen) atoms. The highest BCUT2D eigenvalue weighted by atomic mass is 32.1. The smallest absolute Gasteiger partial charge is 0.176 e. The fraction of sp³-hybridized carbons (Fsp3) is 0.231. The fourth-order valence-corrected chi connectivity index (χ4v) is 2.20. The largest absolute Gasteiger partial charge is 0.293 e. The van der Waals surface area contributed by atoms with E-state index in [9.17, 15) is 13.6 Å². The Morgan fingerprint density at radius 1 is 1.37 bits per heavy atom. The number of carbonyl (C=O) groups excluding carboxylic acids is 1. The summed E-state index contributed by atoms with van der Waals surface area (Å²) in [4.78, 5) is 17.8. The van der Waals surface area contributed by atoms with E-state index in [1.165, 1.54) is 17.4 Å². The minimum absolute atomic E-state index is 0.128. The van der Waals surface area contributed by atoms with Crippen LogP contribution in [0.3, 0.4) is 0 Å². The molecular weight excluding hydrogens is 270 g/mol. The molecule has 0 fully saturated rings. The molecule has 0 atom stereocenters. The van der Waals surface area contributed by atoms with Gasteiger partial charge >= 0.3 is 0 Å². The van der Waals surface area contributed by atoms with Gasteiger partial charge in [0.15, 0.2) is 17.4 Å². The summed E-state index contributed by atoms with van der Waals surface area (Å²) in [5.41, 5.74) is 2.77. The molecular formula is C13H12F2N2OS. The average Bonchev–Trinajstić information content (AvgIpc) is 2.85. The summed E-state index contributed by atoms with van der Waals surface area (Å²) < 4.78 is 25.8. The number of hydrogen-bond acceptors (Lipinski definition) is 4. The van der Waals surface area contributed by atoms with Gasteiger partial charge in [-0.3, -0.25) is 9.69 Å². The molecule has 1 aromatic heterocycles. The summed E-state index contributed by atoms with van der Waals surface area (Å²) in [5, 5.41) is 1.90. The van der Waals surface area contributed by atoms with Crippen molar-refractivity contribution in [2.24, 2.45) is 0 Å². The first-order chi connectivity index (χ1) is 9.06. The van der Waals surface area contributed by atoms with E-state index in [1.807, 2.05) is 5.38 Å². The van der Waals surface area contributed by atoms with E-state index in [4.69, 9.17) is 0 Å². The van der Waals surface area contributed by atoms with Gasteiger partial charge in [-0.2, -0.15) is 0 Å². The van der Waals surface area contributed by atoms with Crippen LogP contribution in [0.25, 0.3) is 0 Å². The maximum atomic E-state index is 13.0. The Labute approximate surface area is 113 Å². The van der Waals surface area contributed by atoms with Crippen LogP contribution >= 0.6 is 11.3 Å². The van der Waals surface area contributed by atoms with Crippen LogP contribution < -0.4 is 0 Å². The number of rotatable bonds is 5. The van der Waals surface area contributed by atoms with Crippen molar-refractivity contribution >= 4 is 17.1 Å². The molecule has 100 valence electrons. The Morgan fingerprint density at radius 3 is 2.79 bits per heavy atom. The third kappa shape index (κ3) is 3.65. The quantitative estimate of drug-likeness (QED) is 0.791. The van der Waals surface area contributed by atoms with Crippen molar-refractivity contribution in [1.82, 2.24) is 9.88 Å². The number of carbonyl (C=O) groups is 1. The zero-order valence-corrected chi connectivity index (χ0v) is 11.1. The van der Waals surface area contributed by atoms with Crippen LogP contribution in [0, 0.1) is 11.6 Å². The molecule has 0 spiro atoms. The van der Waals surface area contributed by atoms with E-state index >= 15 is 0 Å². The molecule has 0 saturated heterocycles.